The number of rotatable bonds is 11. The zero-order chi connectivity index (χ0) is 25.5. The molecule has 10 heteroatoms. The smallest absolute Gasteiger partial charge is 0.244 e. The van der Waals surface area contributed by atoms with Gasteiger partial charge in [-0.05, 0) is 50.1 Å². The lowest BCUT2D eigenvalue weighted by atomic mass is 10.1. The number of carbonyl (C=O) groups excluding carboxylic acids is 2. The van der Waals surface area contributed by atoms with Crippen molar-refractivity contribution in [2.24, 2.45) is 0 Å². The summed E-state index contributed by atoms with van der Waals surface area (Å²) in [5, 5.41) is 2.81. The Morgan fingerprint density at radius 1 is 1.12 bits per heavy atom. The van der Waals surface area contributed by atoms with E-state index in [1.54, 1.807) is 31.2 Å². The quantitative estimate of drug-likeness (QED) is 0.519. The van der Waals surface area contributed by atoms with Crippen LogP contribution in [0.15, 0.2) is 48.5 Å². The third kappa shape index (κ3) is 7.18. The molecule has 0 aromatic heterocycles. The van der Waals surface area contributed by atoms with Crippen molar-refractivity contribution in [3.63, 3.8) is 0 Å². The lowest BCUT2D eigenvalue weighted by Gasteiger charge is -2.33. The summed E-state index contributed by atoms with van der Waals surface area (Å²) in [6.07, 6.45) is 1.20. The predicted octanol–water partition coefficient (Wildman–Crippen LogP) is 2.93. The Kier molecular flexibility index (Phi) is 9.43. The van der Waals surface area contributed by atoms with Crippen LogP contribution in [-0.2, 0) is 26.2 Å². The van der Waals surface area contributed by atoms with Crippen LogP contribution in [0.25, 0.3) is 0 Å². The molecule has 34 heavy (non-hydrogen) atoms. The van der Waals surface area contributed by atoms with Gasteiger partial charge in [0.05, 0.1) is 19.1 Å². The predicted molar refractivity (Wildman–Crippen MR) is 129 cm³/mol. The minimum absolute atomic E-state index is 0.0366. The molecule has 0 radical (unpaired) electrons. The lowest BCUT2D eigenvalue weighted by molar-refractivity contribution is -0.140. The molecule has 0 bridgehead atoms. The molecule has 0 saturated heterocycles. The fourth-order valence-corrected chi connectivity index (χ4v) is 4.37. The van der Waals surface area contributed by atoms with E-state index in [4.69, 9.17) is 4.74 Å². The van der Waals surface area contributed by atoms with Gasteiger partial charge in [0.15, 0.2) is 0 Å². The number of halogens is 1. The Bertz CT molecular complexity index is 1110. The molecule has 0 spiro atoms. The van der Waals surface area contributed by atoms with Gasteiger partial charge in [-0.3, -0.25) is 13.9 Å². The molecule has 0 aliphatic heterocycles. The van der Waals surface area contributed by atoms with Crippen LogP contribution in [0.2, 0.25) is 0 Å². The monoisotopic (exact) mass is 493 g/mol. The van der Waals surface area contributed by atoms with E-state index < -0.39 is 34.3 Å². The van der Waals surface area contributed by atoms with Crippen molar-refractivity contribution in [1.82, 2.24) is 10.2 Å². The number of nitrogens with zero attached hydrogens (tertiary/aromatic N) is 2. The topological polar surface area (TPSA) is 96.0 Å². The van der Waals surface area contributed by atoms with Gasteiger partial charge in [0.2, 0.25) is 21.8 Å². The maximum absolute atomic E-state index is 14.4. The largest absolute Gasteiger partial charge is 0.497 e. The summed E-state index contributed by atoms with van der Waals surface area (Å²) >= 11 is 0. The molecular formula is C24H32FN3O5S. The SMILES string of the molecule is CC[C@H](C(=O)NC(C)C)N(Cc1cccc(OC)c1)C(=O)CN(c1ccccc1F)S(C)(=O)=O. The number of ether oxygens (including phenoxy) is 1. The number of sulfonamides is 1. The molecule has 0 unspecified atom stereocenters. The number of hydrogen-bond acceptors (Lipinski definition) is 5. The summed E-state index contributed by atoms with van der Waals surface area (Å²) in [5.74, 6) is -1.19. The number of benzene rings is 2. The molecule has 0 heterocycles. The Morgan fingerprint density at radius 2 is 1.79 bits per heavy atom. The highest BCUT2D eigenvalue weighted by Gasteiger charge is 2.32. The fraction of sp³-hybridized carbons (Fsp3) is 0.417. The molecule has 0 aliphatic carbocycles. The minimum Gasteiger partial charge on any atom is -0.497 e. The van der Waals surface area contributed by atoms with Crippen molar-refractivity contribution in [3.05, 3.63) is 59.9 Å². The molecule has 2 aromatic carbocycles. The van der Waals surface area contributed by atoms with Gasteiger partial charge in [0, 0.05) is 12.6 Å². The van der Waals surface area contributed by atoms with Gasteiger partial charge >= 0.3 is 0 Å². The highest BCUT2D eigenvalue weighted by atomic mass is 32.2. The van der Waals surface area contributed by atoms with E-state index in [1.165, 1.54) is 30.2 Å². The fourth-order valence-electron chi connectivity index (χ4n) is 3.52. The third-order valence-corrected chi connectivity index (χ3v) is 6.23. The Labute approximate surface area is 200 Å². The average molecular weight is 494 g/mol. The molecular weight excluding hydrogens is 461 g/mol. The molecule has 0 saturated carbocycles. The zero-order valence-electron chi connectivity index (χ0n) is 20.1. The van der Waals surface area contributed by atoms with Crippen LogP contribution in [0.5, 0.6) is 5.75 Å². The standard InChI is InChI=1S/C24H32FN3O5S/c1-6-21(24(30)26-17(2)3)27(15-18-10-9-11-19(14-18)33-4)23(29)16-28(34(5,31)32)22-13-8-7-12-20(22)25/h7-14,17,21H,6,15-16H2,1-5H3,(H,26,30)/t21-/m1/s1. The number of nitrogens with one attached hydrogen (secondary N) is 1. The number of anilines is 1. The Morgan fingerprint density at radius 3 is 2.35 bits per heavy atom. The first-order valence-electron chi connectivity index (χ1n) is 10.9. The zero-order valence-corrected chi connectivity index (χ0v) is 20.9. The van der Waals surface area contributed by atoms with Gasteiger partial charge in [-0.2, -0.15) is 0 Å². The molecule has 2 aromatic rings. The highest BCUT2D eigenvalue weighted by molar-refractivity contribution is 7.92. The van der Waals surface area contributed by atoms with E-state index in [9.17, 15) is 22.4 Å². The molecule has 2 rings (SSSR count). The highest BCUT2D eigenvalue weighted by Crippen LogP contribution is 2.23. The van der Waals surface area contributed by atoms with Crippen molar-refractivity contribution >= 4 is 27.5 Å². The van der Waals surface area contributed by atoms with E-state index in [0.717, 1.165) is 16.6 Å². The van der Waals surface area contributed by atoms with Crippen LogP contribution in [0.1, 0.15) is 32.8 Å². The minimum atomic E-state index is -4.00. The maximum atomic E-state index is 14.4. The Balaban J connectivity index is 2.47. The van der Waals surface area contributed by atoms with Gasteiger partial charge in [-0.15, -0.1) is 0 Å². The molecule has 186 valence electrons. The van der Waals surface area contributed by atoms with E-state index in [0.29, 0.717) is 17.7 Å². The van der Waals surface area contributed by atoms with Crippen molar-refractivity contribution in [3.8, 4) is 5.75 Å². The molecule has 0 aliphatic rings. The molecule has 1 atom stereocenters. The molecule has 0 fully saturated rings. The number of methoxy groups -OCH3 is 1. The van der Waals surface area contributed by atoms with E-state index in [-0.39, 0.29) is 24.2 Å². The summed E-state index contributed by atoms with van der Waals surface area (Å²) in [4.78, 5) is 27.8. The second kappa shape index (κ2) is 11.8. The van der Waals surface area contributed by atoms with Crippen molar-refractivity contribution < 1.29 is 27.1 Å². The van der Waals surface area contributed by atoms with Crippen LogP contribution < -0.4 is 14.4 Å². The van der Waals surface area contributed by atoms with Gasteiger partial charge in [0.25, 0.3) is 0 Å². The van der Waals surface area contributed by atoms with E-state index in [2.05, 4.69) is 5.32 Å². The van der Waals surface area contributed by atoms with E-state index in [1.807, 2.05) is 13.8 Å². The summed E-state index contributed by atoms with van der Waals surface area (Å²) in [7, 11) is -2.48. The van der Waals surface area contributed by atoms with Crippen LogP contribution >= 0.6 is 0 Å². The molecule has 1 N–H and O–H groups in total. The summed E-state index contributed by atoms with van der Waals surface area (Å²) in [6, 6.07) is 11.3. The number of carbonyl (C=O) groups is 2. The number of hydrogen-bond donors (Lipinski definition) is 1. The van der Waals surface area contributed by atoms with Crippen LogP contribution in [0, 0.1) is 5.82 Å². The number of para-hydroxylation sites is 1. The van der Waals surface area contributed by atoms with Crippen LogP contribution in [0.4, 0.5) is 10.1 Å². The van der Waals surface area contributed by atoms with Crippen molar-refractivity contribution in [2.45, 2.75) is 45.8 Å². The average Bonchev–Trinajstić information content (AvgIpc) is 2.76. The number of amides is 2. The first-order chi connectivity index (χ1) is 16.0. The maximum Gasteiger partial charge on any atom is 0.244 e. The summed E-state index contributed by atoms with van der Waals surface area (Å²) in [5.41, 5.74) is 0.458. The normalized spacial score (nSPS) is 12.2. The second-order valence-electron chi connectivity index (χ2n) is 8.18. The van der Waals surface area contributed by atoms with E-state index >= 15 is 0 Å². The first kappa shape index (κ1) is 27.1. The third-order valence-electron chi connectivity index (χ3n) is 5.10. The van der Waals surface area contributed by atoms with Crippen LogP contribution in [-0.4, -0.2) is 57.1 Å². The van der Waals surface area contributed by atoms with Crippen molar-refractivity contribution in [1.29, 1.82) is 0 Å². The van der Waals surface area contributed by atoms with Gasteiger partial charge in [-0.25, -0.2) is 12.8 Å². The van der Waals surface area contributed by atoms with Gasteiger partial charge in [0.1, 0.15) is 24.2 Å². The first-order valence-corrected chi connectivity index (χ1v) is 12.8. The van der Waals surface area contributed by atoms with Gasteiger partial charge < -0.3 is 15.0 Å². The molecule has 2 amide bonds. The van der Waals surface area contributed by atoms with Crippen molar-refractivity contribution in [2.75, 3.05) is 24.2 Å². The summed E-state index contributed by atoms with van der Waals surface area (Å²) in [6.45, 7) is 4.76. The second-order valence-corrected chi connectivity index (χ2v) is 10.1. The van der Waals surface area contributed by atoms with Gasteiger partial charge in [-0.1, -0.05) is 31.2 Å². The van der Waals surface area contributed by atoms with Crippen LogP contribution in [0.3, 0.4) is 0 Å². The summed E-state index contributed by atoms with van der Waals surface area (Å²) < 4.78 is 45.4. The lowest BCUT2D eigenvalue weighted by Crippen LogP contribution is -2.53. The molecule has 8 nitrogen and oxygen atoms in total. The Hall–Kier alpha value is -3.14.